The van der Waals surface area contributed by atoms with Gasteiger partial charge in [0, 0.05) is 26.7 Å². The molecule has 3 amide bonds. The van der Waals surface area contributed by atoms with Crippen LogP contribution in [0.1, 0.15) is 32.1 Å². The van der Waals surface area contributed by atoms with E-state index < -0.39 is 12.0 Å². The molecule has 2 aliphatic rings. The van der Waals surface area contributed by atoms with E-state index in [2.05, 4.69) is 5.32 Å². The first-order chi connectivity index (χ1) is 10.0. The first-order valence-electron chi connectivity index (χ1n) is 7.54. The highest BCUT2D eigenvalue weighted by Gasteiger charge is 2.36. The van der Waals surface area contributed by atoms with Crippen molar-refractivity contribution in [2.45, 2.75) is 38.1 Å². The van der Waals surface area contributed by atoms with Crippen LogP contribution in [0.3, 0.4) is 0 Å². The molecule has 2 rings (SSSR count). The molecule has 0 saturated carbocycles. The Morgan fingerprint density at radius 3 is 2.52 bits per heavy atom. The van der Waals surface area contributed by atoms with Gasteiger partial charge in [-0.05, 0) is 32.1 Å². The van der Waals surface area contributed by atoms with Gasteiger partial charge in [-0.15, -0.1) is 0 Å². The predicted molar refractivity (Wildman–Crippen MR) is 75.7 cm³/mol. The minimum absolute atomic E-state index is 0.0547. The third-order valence-electron chi connectivity index (χ3n) is 4.34. The van der Waals surface area contributed by atoms with E-state index in [-0.39, 0.29) is 17.9 Å². The number of nitrogens with zero attached hydrogens (tertiary/aromatic N) is 2. The number of carboxylic acid groups (broad SMARTS) is 1. The summed E-state index contributed by atoms with van der Waals surface area (Å²) in [4.78, 5) is 38.7. The Morgan fingerprint density at radius 1 is 1.10 bits per heavy atom. The van der Waals surface area contributed by atoms with Crippen molar-refractivity contribution in [2.75, 3.05) is 26.7 Å². The third-order valence-corrected chi connectivity index (χ3v) is 4.34. The molecule has 0 bridgehead atoms. The molecule has 0 aromatic heterocycles. The summed E-state index contributed by atoms with van der Waals surface area (Å²) in [5.41, 5.74) is 0. The topological polar surface area (TPSA) is 90.0 Å². The smallest absolute Gasteiger partial charge is 0.326 e. The van der Waals surface area contributed by atoms with Crippen molar-refractivity contribution < 1.29 is 19.5 Å². The molecular weight excluding hydrogens is 274 g/mol. The summed E-state index contributed by atoms with van der Waals surface area (Å²) in [5.74, 6) is -1.19. The second kappa shape index (κ2) is 6.78. The molecule has 2 fully saturated rings. The number of urea groups is 1. The molecule has 2 saturated heterocycles. The molecule has 2 unspecified atom stereocenters. The Labute approximate surface area is 124 Å². The molecule has 21 heavy (non-hydrogen) atoms. The average molecular weight is 297 g/mol. The van der Waals surface area contributed by atoms with Crippen LogP contribution in [-0.2, 0) is 9.59 Å². The monoisotopic (exact) mass is 297 g/mol. The number of nitrogens with one attached hydrogen (secondary N) is 1. The molecule has 2 heterocycles. The zero-order valence-electron chi connectivity index (χ0n) is 12.4. The molecule has 118 valence electrons. The van der Waals surface area contributed by atoms with Crippen LogP contribution in [0.25, 0.3) is 0 Å². The number of amides is 3. The lowest BCUT2D eigenvalue weighted by Crippen LogP contribution is -2.55. The van der Waals surface area contributed by atoms with Crippen LogP contribution < -0.4 is 5.32 Å². The number of hydrogen-bond donors (Lipinski definition) is 2. The summed E-state index contributed by atoms with van der Waals surface area (Å²) in [7, 11) is 1.59. The number of aliphatic carboxylic acids is 1. The molecular formula is C14H23N3O4. The number of hydrogen-bond acceptors (Lipinski definition) is 3. The van der Waals surface area contributed by atoms with Crippen molar-refractivity contribution >= 4 is 17.9 Å². The zero-order valence-corrected chi connectivity index (χ0v) is 12.4. The molecule has 2 atom stereocenters. The van der Waals surface area contributed by atoms with Crippen molar-refractivity contribution in [1.82, 2.24) is 15.1 Å². The van der Waals surface area contributed by atoms with E-state index in [9.17, 15) is 19.5 Å². The number of piperidine rings is 2. The van der Waals surface area contributed by atoms with Crippen LogP contribution in [0.4, 0.5) is 4.79 Å². The minimum Gasteiger partial charge on any atom is -0.480 e. The maximum absolute atomic E-state index is 12.6. The molecule has 7 heteroatoms. The summed E-state index contributed by atoms with van der Waals surface area (Å²) in [6, 6.07) is -0.970. The van der Waals surface area contributed by atoms with E-state index in [1.807, 2.05) is 0 Å². The van der Waals surface area contributed by atoms with Gasteiger partial charge in [-0.2, -0.15) is 0 Å². The standard InChI is InChI=1S/C14H23N3O4/c1-15-12(18)10-5-4-7-16(9-10)14(21)17-8-3-2-6-11(17)13(19)20/h10-11H,2-9H2,1H3,(H,15,18)(H,19,20). The number of rotatable bonds is 2. The fourth-order valence-corrected chi connectivity index (χ4v) is 3.17. The molecule has 2 aliphatic heterocycles. The van der Waals surface area contributed by atoms with E-state index in [0.29, 0.717) is 26.1 Å². The van der Waals surface area contributed by atoms with Gasteiger partial charge in [0.2, 0.25) is 5.91 Å². The second-order valence-electron chi connectivity index (χ2n) is 5.73. The summed E-state index contributed by atoms with van der Waals surface area (Å²) in [6.07, 6.45) is 3.72. The molecule has 0 aromatic rings. The maximum Gasteiger partial charge on any atom is 0.326 e. The summed E-state index contributed by atoms with van der Waals surface area (Å²) in [5, 5.41) is 11.9. The highest BCUT2D eigenvalue weighted by atomic mass is 16.4. The summed E-state index contributed by atoms with van der Waals surface area (Å²) < 4.78 is 0. The Hall–Kier alpha value is -1.79. The fourth-order valence-electron chi connectivity index (χ4n) is 3.17. The van der Waals surface area contributed by atoms with Gasteiger partial charge in [0.15, 0.2) is 0 Å². The van der Waals surface area contributed by atoms with Gasteiger partial charge in [0.1, 0.15) is 6.04 Å². The summed E-state index contributed by atoms with van der Waals surface area (Å²) in [6.45, 7) is 1.45. The number of likely N-dealkylation sites (tertiary alicyclic amines) is 2. The highest BCUT2D eigenvalue weighted by Crippen LogP contribution is 2.22. The molecule has 7 nitrogen and oxygen atoms in total. The van der Waals surface area contributed by atoms with Gasteiger partial charge >= 0.3 is 12.0 Å². The Bertz CT molecular complexity index is 426. The van der Waals surface area contributed by atoms with Crippen LogP contribution in [-0.4, -0.2) is 65.5 Å². The van der Waals surface area contributed by atoms with Gasteiger partial charge in [-0.25, -0.2) is 9.59 Å². The molecule has 0 aliphatic carbocycles. The predicted octanol–water partition coefficient (Wildman–Crippen LogP) is 0.504. The van der Waals surface area contributed by atoms with E-state index in [1.165, 1.54) is 4.90 Å². The summed E-state index contributed by atoms with van der Waals surface area (Å²) >= 11 is 0. The van der Waals surface area contributed by atoms with E-state index in [0.717, 1.165) is 25.7 Å². The molecule has 0 radical (unpaired) electrons. The van der Waals surface area contributed by atoms with E-state index in [1.54, 1.807) is 11.9 Å². The zero-order chi connectivity index (χ0) is 15.4. The maximum atomic E-state index is 12.6. The van der Waals surface area contributed by atoms with Gasteiger partial charge in [-0.3, -0.25) is 4.79 Å². The first-order valence-corrected chi connectivity index (χ1v) is 7.54. The number of carbonyl (C=O) groups excluding carboxylic acids is 2. The van der Waals surface area contributed by atoms with Crippen molar-refractivity contribution in [3.63, 3.8) is 0 Å². The third kappa shape index (κ3) is 3.46. The Balaban J connectivity index is 2.04. The van der Waals surface area contributed by atoms with Crippen LogP contribution in [0.2, 0.25) is 0 Å². The first kappa shape index (κ1) is 15.6. The lowest BCUT2D eigenvalue weighted by molar-refractivity contribution is -0.143. The average Bonchev–Trinajstić information content (AvgIpc) is 2.53. The van der Waals surface area contributed by atoms with Gasteiger partial charge in [0.25, 0.3) is 0 Å². The van der Waals surface area contributed by atoms with Gasteiger partial charge < -0.3 is 20.2 Å². The molecule has 0 aromatic carbocycles. The largest absolute Gasteiger partial charge is 0.480 e. The van der Waals surface area contributed by atoms with Gasteiger partial charge in [0.05, 0.1) is 5.92 Å². The number of carbonyl (C=O) groups is 3. The van der Waals surface area contributed by atoms with E-state index in [4.69, 9.17) is 0 Å². The van der Waals surface area contributed by atoms with Crippen molar-refractivity contribution in [2.24, 2.45) is 5.92 Å². The van der Waals surface area contributed by atoms with Crippen LogP contribution >= 0.6 is 0 Å². The highest BCUT2D eigenvalue weighted by molar-refractivity contribution is 5.84. The normalized spacial score (nSPS) is 26.3. The van der Waals surface area contributed by atoms with Crippen LogP contribution in [0, 0.1) is 5.92 Å². The van der Waals surface area contributed by atoms with Crippen molar-refractivity contribution in [3.05, 3.63) is 0 Å². The fraction of sp³-hybridized carbons (Fsp3) is 0.786. The van der Waals surface area contributed by atoms with Crippen molar-refractivity contribution in [1.29, 1.82) is 0 Å². The lowest BCUT2D eigenvalue weighted by atomic mass is 9.97. The molecule has 2 N–H and O–H groups in total. The van der Waals surface area contributed by atoms with Crippen molar-refractivity contribution in [3.8, 4) is 0 Å². The van der Waals surface area contributed by atoms with Gasteiger partial charge in [-0.1, -0.05) is 0 Å². The Morgan fingerprint density at radius 2 is 1.86 bits per heavy atom. The number of carboxylic acids is 1. The Kier molecular flexibility index (Phi) is 5.03. The van der Waals surface area contributed by atoms with Crippen LogP contribution in [0.15, 0.2) is 0 Å². The minimum atomic E-state index is -0.942. The molecule has 0 spiro atoms. The SMILES string of the molecule is CNC(=O)C1CCCN(C(=O)N2CCCCC2C(=O)O)C1. The quantitative estimate of drug-likeness (QED) is 0.777. The van der Waals surface area contributed by atoms with Crippen LogP contribution in [0.5, 0.6) is 0 Å². The second-order valence-corrected chi connectivity index (χ2v) is 5.73. The lowest BCUT2D eigenvalue weighted by Gasteiger charge is -2.39. The van der Waals surface area contributed by atoms with E-state index >= 15 is 0 Å².